The van der Waals surface area contributed by atoms with Gasteiger partial charge in [-0.15, -0.1) is 0 Å². The van der Waals surface area contributed by atoms with Crippen LogP contribution in [0, 0.1) is 19.8 Å². The lowest BCUT2D eigenvalue weighted by Gasteiger charge is -2.36. The maximum absolute atomic E-state index is 13.7. The van der Waals surface area contributed by atoms with Crippen molar-refractivity contribution in [3.8, 4) is 0 Å². The summed E-state index contributed by atoms with van der Waals surface area (Å²) >= 11 is 0. The van der Waals surface area contributed by atoms with Crippen LogP contribution in [0.1, 0.15) is 129 Å². The number of carbonyl (C=O) groups excluding carboxylic acids is 10. The number of pyridine rings is 1. The van der Waals surface area contributed by atoms with E-state index < -0.39 is 35.4 Å². The fourth-order valence-electron chi connectivity index (χ4n) is 11.7. The highest BCUT2D eigenvalue weighted by Crippen LogP contribution is 2.49. The van der Waals surface area contributed by atoms with Gasteiger partial charge in [0.15, 0.2) is 17.2 Å². The topological polar surface area (TPSA) is 265 Å². The van der Waals surface area contributed by atoms with Gasteiger partial charge in [0.2, 0.25) is 17.7 Å². The fourth-order valence-corrected chi connectivity index (χ4v) is 11.7. The minimum Gasteiger partial charge on any atom is -0.387 e. The summed E-state index contributed by atoms with van der Waals surface area (Å²) in [6.07, 6.45) is 13.5. The number of benzene rings is 2. The second-order valence-corrected chi connectivity index (χ2v) is 21.8. The van der Waals surface area contributed by atoms with Crippen LogP contribution in [-0.4, -0.2) is 123 Å². The van der Waals surface area contributed by atoms with Crippen LogP contribution in [0.15, 0.2) is 89.6 Å². The number of amides is 5. The number of esters is 2. The number of aryl methyl sites for hydroxylation is 2. The Morgan fingerprint density at radius 3 is 2.37 bits per heavy atom. The molecule has 5 heterocycles. The van der Waals surface area contributed by atoms with E-state index in [0.717, 1.165) is 50.7 Å². The molecule has 9 rings (SSSR count). The molecule has 2 aromatic carbocycles. The number of carbonyl (C=O) groups is 10. The van der Waals surface area contributed by atoms with Crippen molar-refractivity contribution in [2.75, 3.05) is 33.0 Å². The predicted octanol–water partition coefficient (Wildman–Crippen LogP) is 5.15. The van der Waals surface area contributed by atoms with Gasteiger partial charge in [-0.1, -0.05) is 61.9 Å². The monoisotopic (exact) mass is 1100 g/mol. The van der Waals surface area contributed by atoms with E-state index in [2.05, 4.69) is 22.9 Å². The number of allylic oxidation sites excluding steroid dienone is 2. The number of imide groups is 1. The van der Waals surface area contributed by atoms with Gasteiger partial charge in [0.1, 0.15) is 19.1 Å². The Kier molecular flexibility index (Phi) is 17.9. The van der Waals surface area contributed by atoms with Crippen molar-refractivity contribution in [1.82, 2.24) is 30.7 Å². The first-order chi connectivity index (χ1) is 38.9. The van der Waals surface area contributed by atoms with E-state index >= 15 is 0 Å². The fraction of sp³-hybridized carbons (Fsp3) is 0.435. The van der Waals surface area contributed by atoms with Crippen molar-refractivity contribution < 1.29 is 62.5 Å². The molecule has 0 spiro atoms. The number of nitrogens with zero attached hydrogens (tertiary/aromatic N) is 3. The summed E-state index contributed by atoms with van der Waals surface area (Å²) in [4.78, 5) is 136. The summed E-state index contributed by atoms with van der Waals surface area (Å²) in [5.41, 5.74) is 7.65. The van der Waals surface area contributed by atoms with Gasteiger partial charge in [-0.25, -0.2) is 14.6 Å². The molecule has 2 aliphatic carbocycles. The molecule has 6 aliphatic rings. The van der Waals surface area contributed by atoms with E-state index in [-0.39, 0.29) is 129 Å². The highest BCUT2D eigenvalue weighted by molar-refractivity contribution is 6.13. The minimum atomic E-state index is -1.97. The molecule has 0 saturated heterocycles. The van der Waals surface area contributed by atoms with Crippen molar-refractivity contribution in [1.29, 1.82) is 0 Å². The summed E-state index contributed by atoms with van der Waals surface area (Å²) in [6, 6.07) is 10.2. The zero-order chi connectivity index (χ0) is 57.5. The van der Waals surface area contributed by atoms with E-state index in [9.17, 15) is 53.1 Å². The molecule has 19 nitrogen and oxygen atoms in total. The van der Waals surface area contributed by atoms with Gasteiger partial charge in [0, 0.05) is 99.2 Å². The summed E-state index contributed by atoms with van der Waals surface area (Å²) < 4.78 is 10.7. The second kappa shape index (κ2) is 25.2. The molecule has 1 aromatic heterocycles. The molecule has 424 valence electrons. The van der Waals surface area contributed by atoms with Crippen LogP contribution in [0.4, 0.5) is 0 Å². The number of ketones is 3. The summed E-state index contributed by atoms with van der Waals surface area (Å²) in [5.74, 6) is -4.55. The lowest BCUT2D eigenvalue weighted by atomic mass is 9.76. The smallest absolute Gasteiger partial charge is 0.350 e. The summed E-state index contributed by atoms with van der Waals surface area (Å²) in [7, 11) is 0. The number of nitrogens with one attached hydrogen (secondary N) is 3. The molecule has 0 saturated carbocycles. The molecule has 3 aromatic rings. The molecule has 81 heavy (non-hydrogen) atoms. The maximum Gasteiger partial charge on any atom is 0.350 e. The Morgan fingerprint density at radius 2 is 1.60 bits per heavy atom. The Labute approximate surface area is 469 Å². The van der Waals surface area contributed by atoms with Crippen molar-refractivity contribution in [2.45, 2.75) is 135 Å². The van der Waals surface area contributed by atoms with Gasteiger partial charge in [-0.05, 0) is 104 Å². The first-order valence-electron chi connectivity index (χ1n) is 28.0. The molecular formula is C62H68N6O13. The molecule has 4 aliphatic heterocycles. The third-order valence-corrected chi connectivity index (χ3v) is 16.3. The van der Waals surface area contributed by atoms with Crippen LogP contribution in [-0.2, 0) is 76.8 Å². The van der Waals surface area contributed by atoms with Crippen molar-refractivity contribution >= 4 is 75.4 Å². The second-order valence-electron chi connectivity index (χ2n) is 21.8. The molecule has 0 fully saturated rings. The molecule has 0 radical (unpaired) electrons. The van der Waals surface area contributed by atoms with Crippen LogP contribution in [0.2, 0.25) is 0 Å². The molecule has 19 heteroatoms. The van der Waals surface area contributed by atoms with E-state index in [4.69, 9.17) is 14.5 Å². The number of fused-ring (bicyclic) bond motifs is 4. The van der Waals surface area contributed by atoms with Gasteiger partial charge in [-0.3, -0.25) is 43.3 Å². The Balaban J connectivity index is 0.717. The number of rotatable bonds is 27. The van der Waals surface area contributed by atoms with E-state index in [1.165, 1.54) is 22.6 Å². The predicted molar refractivity (Wildman–Crippen MR) is 296 cm³/mol. The number of cyclic esters (lactones) is 2. The summed E-state index contributed by atoms with van der Waals surface area (Å²) in [5, 5.41) is 20.8. The highest BCUT2D eigenvalue weighted by atomic mass is 16.6. The number of ether oxygens (including phenoxy) is 2. The molecule has 5 amide bonds. The lowest BCUT2D eigenvalue weighted by Crippen LogP contribution is -2.49. The van der Waals surface area contributed by atoms with E-state index in [1.807, 2.05) is 66.4 Å². The van der Waals surface area contributed by atoms with Crippen molar-refractivity contribution in [3.05, 3.63) is 129 Å². The van der Waals surface area contributed by atoms with Crippen LogP contribution < -0.4 is 16.0 Å². The highest BCUT2D eigenvalue weighted by Gasteiger charge is 2.50. The standard InChI is InChI=1S/C62H68N6O13/c1-4-62(79)47-30-50-59-46(33-67(50)32-45(47)60(77)81-61(62)78)57-41(16-18-44-37(3)36(2)25-49(66-59)58(44)57)29-43(70)34-80-35-64-53(73)21-19-51(71)48(28-38-11-7-5-8-12-38)65-54(74)20-17-42(69)27-39-14-15-40(26-39)31-63-52(72)13-9-6-10-24-68-55(75)22-23-56(68)76/h5,7-8,11-12,14-15,22-23,25-26,30,39,41,48,79H,4,6,9-10,13,16-21,24,27-29,31-35H2,1-3H3,(H,63,72)(H,64,73)(H,65,74)/t39?,41-,48+,62+/m1/s1. The van der Waals surface area contributed by atoms with Gasteiger partial charge in [-0.2, -0.15) is 0 Å². The quantitative estimate of drug-likeness (QED) is 0.0253. The van der Waals surface area contributed by atoms with Crippen LogP contribution in [0.25, 0.3) is 16.6 Å². The SMILES string of the molecule is CC[C@@]1(O)C(=O)OC(=O)C2=C1C=C1c3nc4cc(C)c(C)c5c4c(c3CN1C2)[C@@H](CC(=O)COCNC(=O)CCC(=O)[C@H](Cc1ccccc1)NC(=O)CCC(=O)CC1C=CC(CNC(=O)CCCCCN2C(=O)C=CC2=O)=C1)CC5. The maximum atomic E-state index is 13.7. The molecule has 4 N–H and O–H groups in total. The van der Waals surface area contributed by atoms with Crippen molar-refractivity contribution in [3.63, 3.8) is 0 Å². The number of unbranched alkanes of at least 4 members (excludes halogenated alkanes) is 2. The van der Waals surface area contributed by atoms with Gasteiger partial charge in [0.05, 0.1) is 35.1 Å². The van der Waals surface area contributed by atoms with Crippen molar-refractivity contribution in [2.24, 2.45) is 5.92 Å². The normalized spacial score (nSPS) is 20.0. The molecule has 0 bridgehead atoms. The number of Topliss-reactive ketones (excluding diaryl/α,β-unsaturated/α-hetero) is 3. The van der Waals surface area contributed by atoms with Gasteiger partial charge < -0.3 is 35.4 Å². The summed E-state index contributed by atoms with van der Waals surface area (Å²) in [6.45, 7) is 6.40. The van der Waals surface area contributed by atoms with Gasteiger partial charge in [0.25, 0.3) is 11.8 Å². The van der Waals surface area contributed by atoms with E-state index in [0.29, 0.717) is 63.1 Å². The largest absolute Gasteiger partial charge is 0.387 e. The Morgan fingerprint density at radius 1 is 0.852 bits per heavy atom. The number of hydrogen-bond acceptors (Lipinski definition) is 15. The average molecular weight is 1110 g/mol. The first kappa shape index (κ1) is 57.6. The van der Waals surface area contributed by atoms with Crippen LogP contribution >= 0.6 is 0 Å². The third kappa shape index (κ3) is 13.1. The van der Waals surface area contributed by atoms with Crippen LogP contribution in [0.3, 0.4) is 0 Å². The van der Waals surface area contributed by atoms with E-state index in [1.54, 1.807) is 13.0 Å². The lowest BCUT2D eigenvalue weighted by molar-refractivity contribution is -0.172. The molecule has 1 unspecified atom stereocenters. The zero-order valence-corrected chi connectivity index (χ0v) is 46.0. The third-order valence-electron chi connectivity index (χ3n) is 16.3. The number of aromatic nitrogens is 1. The number of hydrogen-bond donors (Lipinski definition) is 4. The first-order valence-corrected chi connectivity index (χ1v) is 28.0. The minimum absolute atomic E-state index is 0.0160. The van der Waals surface area contributed by atoms with Gasteiger partial charge >= 0.3 is 11.9 Å². The Bertz CT molecular complexity index is 3260. The number of aliphatic hydroxyl groups is 1. The zero-order valence-electron chi connectivity index (χ0n) is 46.0. The van der Waals surface area contributed by atoms with Crippen LogP contribution in [0.5, 0.6) is 0 Å². The average Bonchev–Trinajstić information content (AvgIpc) is 2.59. The molecular weight excluding hydrogens is 1040 g/mol. The molecule has 4 atom stereocenters. The Hall–Kier alpha value is -8.03.